The van der Waals surface area contributed by atoms with E-state index in [9.17, 15) is 4.39 Å². The Bertz CT molecular complexity index is 441. The van der Waals surface area contributed by atoms with Gasteiger partial charge in [0.05, 0.1) is 12.1 Å². The molecule has 0 saturated carbocycles. The van der Waals surface area contributed by atoms with E-state index in [1.807, 2.05) is 7.05 Å². The molecule has 1 aromatic carbocycles. The summed E-state index contributed by atoms with van der Waals surface area (Å²) >= 11 is 6.06. The Hall–Kier alpha value is -0.840. The van der Waals surface area contributed by atoms with Crippen LogP contribution in [0, 0.1) is 11.7 Å². The SMILES string of the molecule is COc1c(Cl)ccc(F)c1C1CC(CN)CN1C. The highest BCUT2D eigenvalue weighted by molar-refractivity contribution is 6.32. The first-order valence-electron chi connectivity index (χ1n) is 6.00. The number of nitrogens with zero attached hydrogens (tertiary/aromatic N) is 1. The van der Waals surface area contributed by atoms with E-state index in [2.05, 4.69) is 4.90 Å². The van der Waals surface area contributed by atoms with Crippen molar-refractivity contribution in [3.05, 3.63) is 28.5 Å². The van der Waals surface area contributed by atoms with Gasteiger partial charge < -0.3 is 10.5 Å². The van der Waals surface area contributed by atoms with E-state index in [4.69, 9.17) is 22.1 Å². The van der Waals surface area contributed by atoms with Crippen molar-refractivity contribution in [2.45, 2.75) is 12.5 Å². The fourth-order valence-corrected chi connectivity index (χ4v) is 2.92. The van der Waals surface area contributed by atoms with Crippen molar-refractivity contribution in [1.82, 2.24) is 4.90 Å². The number of hydrogen-bond acceptors (Lipinski definition) is 3. The lowest BCUT2D eigenvalue weighted by atomic mass is 9.98. The fraction of sp³-hybridized carbons (Fsp3) is 0.538. The van der Waals surface area contributed by atoms with E-state index >= 15 is 0 Å². The highest BCUT2D eigenvalue weighted by atomic mass is 35.5. The molecule has 2 unspecified atom stereocenters. The molecule has 1 aliphatic heterocycles. The number of benzene rings is 1. The lowest BCUT2D eigenvalue weighted by molar-refractivity contribution is 0.295. The summed E-state index contributed by atoms with van der Waals surface area (Å²) in [5.74, 6) is 0.556. The molecule has 18 heavy (non-hydrogen) atoms. The van der Waals surface area contributed by atoms with Gasteiger partial charge in [-0.25, -0.2) is 4.39 Å². The minimum atomic E-state index is -0.272. The standard InChI is InChI=1S/C13H18ClFN2O/c1-17-7-8(6-16)5-11(17)12-10(15)4-3-9(14)13(12)18-2/h3-4,8,11H,5-7,16H2,1-2H3. The molecule has 1 heterocycles. The summed E-state index contributed by atoms with van der Waals surface area (Å²) in [5, 5.41) is 0.443. The molecule has 1 aromatic rings. The second-order valence-corrected chi connectivity index (χ2v) is 5.18. The Morgan fingerprint density at radius 2 is 2.28 bits per heavy atom. The van der Waals surface area contributed by atoms with Gasteiger partial charge in [-0.2, -0.15) is 0 Å². The van der Waals surface area contributed by atoms with Crippen LogP contribution in [-0.2, 0) is 0 Å². The summed E-state index contributed by atoms with van der Waals surface area (Å²) in [6.45, 7) is 1.49. The molecule has 0 amide bonds. The maximum absolute atomic E-state index is 14.1. The molecule has 1 fully saturated rings. The molecule has 3 nitrogen and oxygen atoms in total. The van der Waals surface area contributed by atoms with Gasteiger partial charge in [-0.05, 0) is 38.1 Å². The highest BCUT2D eigenvalue weighted by Gasteiger charge is 2.34. The Kier molecular flexibility index (Phi) is 4.10. The molecular weight excluding hydrogens is 255 g/mol. The molecule has 2 N–H and O–H groups in total. The minimum absolute atomic E-state index is 0.0211. The number of rotatable bonds is 3. The summed E-state index contributed by atoms with van der Waals surface area (Å²) < 4.78 is 19.3. The summed E-state index contributed by atoms with van der Waals surface area (Å²) in [7, 11) is 3.49. The first-order valence-corrected chi connectivity index (χ1v) is 6.38. The number of methoxy groups -OCH3 is 1. The Morgan fingerprint density at radius 1 is 1.56 bits per heavy atom. The molecule has 0 spiro atoms. The molecule has 0 radical (unpaired) electrons. The van der Waals surface area contributed by atoms with Crippen LogP contribution >= 0.6 is 11.6 Å². The van der Waals surface area contributed by atoms with Crippen LogP contribution in [0.4, 0.5) is 4.39 Å². The number of nitrogens with two attached hydrogens (primary N) is 1. The first-order chi connectivity index (χ1) is 8.58. The lowest BCUT2D eigenvalue weighted by Gasteiger charge is -2.22. The van der Waals surface area contributed by atoms with E-state index in [-0.39, 0.29) is 11.9 Å². The van der Waals surface area contributed by atoms with E-state index in [0.717, 1.165) is 13.0 Å². The van der Waals surface area contributed by atoms with Gasteiger partial charge in [-0.1, -0.05) is 11.6 Å². The first kappa shape index (κ1) is 13.6. The van der Waals surface area contributed by atoms with Crippen LogP contribution in [0.15, 0.2) is 12.1 Å². The lowest BCUT2D eigenvalue weighted by Crippen LogP contribution is -2.21. The number of hydrogen-bond donors (Lipinski definition) is 1. The summed E-state index contributed by atoms with van der Waals surface area (Å²) in [5.41, 5.74) is 6.24. The molecule has 100 valence electrons. The van der Waals surface area contributed by atoms with Crippen molar-refractivity contribution in [2.24, 2.45) is 11.7 Å². The maximum atomic E-state index is 14.1. The van der Waals surface area contributed by atoms with Crippen LogP contribution in [0.2, 0.25) is 5.02 Å². The fourth-order valence-electron chi connectivity index (χ4n) is 2.68. The number of halogens is 2. The number of ether oxygens (including phenoxy) is 1. The molecule has 1 saturated heterocycles. The van der Waals surface area contributed by atoms with Crippen molar-refractivity contribution in [3.63, 3.8) is 0 Å². The van der Waals surface area contributed by atoms with Gasteiger partial charge in [0.1, 0.15) is 11.6 Å². The van der Waals surface area contributed by atoms with Crippen molar-refractivity contribution in [3.8, 4) is 5.75 Å². The second-order valence-electron chi connectivity index (χ2n) is 4.77. The number of likely N-dealkylation sites (tertiary alicyclic amines) is 1. The van der Waals surface area contributed by atoms with Gasteiger partial charge in [-0.3, -0.25) is 4.90 Å². The molecule has 0 aromatic heterocycles. The monoisotopic (exact) mass is 272 g/mol. The van der Waals surface area contributed by atoms with Crippen LogP contribution in [-0.4, -0.2) is 32.1 Å². The smallest absolute Gasteiger partial charge is 0.145 e. The van der Waals surface area contributed by atoms with Crippen LogP contribution in [0.25, 0.3) is 0 Å². The normalized spacial score (nSPS) is 24.5. The van der Waals surface area contributed by atoms with Gasteiger partial charge in [0.25, 0.3) is 0 Å². The van der Waals surface area contributed by atoms with Crippen molar-refractivity contribution >= 4 is 11.6 Å². The molecule has 2 rings (SSSR count). The Morgan fingerprint density at radius 3 is 2.83 bits per heavy atom. The van der Waals surface area contributed by atoms with E-state index in [1.54, 1.807) is 0 Å². The van der Waals surface area contributed by atoms with E-state index in [1.165, 1.54) is 19.2 Å². The highest BCUT2D eigenvalue weighted by Crippen LogP contribution is 2.42. The van der Waals surface area contributed by atoms with Gasteiger partial charge in [0, 0.05) is 18.2 Å². The molecule has 5 heteroatoms. The quantitative estimate of drug-likeness (QED) is 0.919. The Balaban J connectivity index is 2.41. The second kappa shape index (κ2) is 5.43. The van der Waals surface area contributed by atoms with Gasteiger partial charge in [0.15, 0.2) is 0 Å². The average Bonchev–Trinajstić information content (AvgIpc) is 2.73. The third-order valence-electron chi connectivity index (χ3n) is 3.60. The molecule has 0 bridgehead atoms. The zero-order valence-electron chi connectivity index (χ0n) is 10.6. The van der Waals surface area contributed by atoms with Crippen molar-refractivity contribution in [2.75, 3.05) is 27.2 Å². The van der Waals surface area contributed by atoms with Gasteiger partial charge >= 0.3 is 0 Å². The molecule has 2 atom stereocenters. The third kappa shape index (κ3) is 2.32. The molecule has 1 aliphatic rings. The summed E-state index contributed by atoms with van der Waals surface area (Å²) in [4.78, 5) is 2.11. The van der Waals surface area contributed by atoms with Crippen molar-refractivity contribution < 1.29 is 9.13 Å². The van der Waals surface area contributed by atoms with E-state index in [0.29, 0.717) is 28.8 Å². The van der Waals surface area contributed by atoms with Crippen molar-refractivity contribution in [1.29, 1.82) is 0 Å². The predicted octanol–water partition coefficient (Wildman–Crippen LogP) is 2.44. The van der Waals surface area contributed by atoms with Crippen LogP contribution in [0.3, 0.4) is 0 Å². The average molecular weight is 273 g/mol. The summed E-state index contributed by atoms with van der Waals surface area (Å²) in [6.07, 6.45) is 0.834. The van der Waals surface area contributed by atoms with Gasteiger partial charge in [0.2, 0.25) is 0 Å². The van der Waals surface area contributed by atoms with E-state index < -0.39 is 0 Å². The van der Waals surface area contributed by atoms with Crippen LogP contribution < -0.4 is 10.5 Å². The maximum Gasteiger partial charge on any atom is 0.145 e. The zero-order valence-corrected chi connectivity index (χ0v) is 11.4. The van der Waals surface area contributed by atoms with Gasteiger partial charge in [-0.15, -0.1) is 0 Å². The van der Waals surface area contributed by atoms with Crippen LogP contribution in [0.5, 0.6) is 5.75 Å². The summed E-state index contributed by atoms with van der Waals surface area (Å²) in [6, 6.07) is 2.89. The third-order valence-corrected chi connectivity index (χ3v) is 3.90. The predicted molar refractivity (Wildman–Crippen MR) is 70.5 cm³/mol. The minimum Gasteiger partial charge on any atom is -0.495 e. The molecular formula is C13H18ClFN2O. The zero-order chi connectivity index (χ0) is 13.3. The molecule has 0 aliphatic carbocycles. The van der Waals surface area contributed by atoms with Crippen LogP contribution in [0.1, 0.15) is 18.0 Å². The topological polar surface area (TPSA) is 38.5 Å². The Labute approximate surface area is 112 Å². The largest absolute Gasteiger partial charge is 0.495 e.